The largest absolute Gasteiger partial charge is 0.295 e. The molecule has 0 aliphatic rings. The lowest BCUT2D eigenvalue weighted by molar-refractivity contribution is 0.101. The molecular formula is C18H15NOS. The molecule has 2 aromatic carbocycles. The van der Waals surface area contributed by atoms with Gasteiger partial charge in [-0.05, 0) is 12.5 Å². The Morgan fingerprint density at radius 2 is 1.76 bits per heavy atom. The lowest BCUT2D eigenvalue weighted by Crippen LogP contribution is -1.99. The number of aromatic nitrogens is 1. The molecule has 0 spiro atoms. The molecule has 0 amide bonds. The van der Waals surface area contributed by atoms with Crippen LogP contribution < -0.4 is 0 Å². The Morgan fingerprint density at radius 1 is 1.05 bits per heavy atom. The van der Waals surface area contributed by atoms with Crippen molar-refractivity contribution in [2.24, 2.45) is 0 Å². The summed E-state index contributed by atoms with van der Waals surface area (Å²) in [5.41, 5.74) is 3.95. The van der Waals surface area contributed by atoms with Crippen LogP contribution >= 0.6 is 11.3 Å². The topological polar surface area (TPSA) is 30.0 Å². The standard InChI is InChI=1S/C18H15NOS/c1-13(20)16-10-6-5-9-15(16)11-18-19-17(12-21-18)14-7-3-2-4-8-14/h2-10,12H,11H2,1H3. The van der Waals surface area contributed by atoms with E-state index in [1.54, 1.807) is 18.3 Å². The maximum atomic E-state index is 11.7. The summed E-state index contributed by atoms with van der Waals surface area (Å²) in [6.45, 7) is 1.61. The summed E-state index contributed by atoms with van der Waals surface area (Å²) >= 11 is 1.64. The van der Waals surface area contributed by atoms with Crippen LogP contribution in [0.25, 0.3) is 11.3 Å². The van der Waals surface area contributed by atoms with E-state index in [9.17, 15) is 4.79 Å². The number of carbonyl (C=O) groups excluding carboxylic acids is 1. The van der Waals surface area contributed by atoms with E-state index in [-0.39, 0.29) is 5.78 Å². The van der Waals surface area contributed by atoms with Crippen LogP contribution in [0.4, 0.5) is 0 Å². The fourth-order valence-corrected chi connectivity index (χ4v) is 3.14. The third-order valence-corrected chi connectivity index (χ3v) is 4.21. The quantitative estimate of drug-likeness (QED) is 0.658. The van der Waals surface area contributed by atoms with Gasteiger partial charge in [0.05, 0.1) is 10.7 Å². The summed E-state index contributed by atoms with van der Waals surface area (Å²) in [4.78, 5) is 16.3. The van der Waals surface area contributed by atoms with Crippen LogP contribution in [0.2, 0.25) is 0 Å². The van der Waals surface area contributed by atoms with Crippen molar-refractivity contribution in [3.8, 4) is 11.3 Å². The minimum atomic E-state index is 0.102. The fraction of sp³-hybridized carbons (Fsp3) is 0.111. The molecule has 0 atom stereocenters. The summed E-state index contributed by atoms with van der Waals surface area (Å²) in [5, 5.41) is 3.10. The van der Waals surface area contributed by atoms with Crippen molar-refractivity contribution in [2.75, 3.05) is 0 Å². The maximum absolute atomic E-state index is 11.7. The molecule has 0 fully saturated rings. The number of hydrogen-bond acceptors (Lipinski definition) is 3. The van der Waals surface area contributed by atoms with Crippen molar-refractivity contribution < 1.29 is 4.79 Å². The van der Waals surface area contributed by atoms with Crippen molar-refractivity contribution >= 4 is 17.1 Å². The molecule has 0 saturated carbocycles. The van der Waals surface area contributed by atoms with E-state index in [0.29, 0.717) is 6.42 Å². The molecule has 0 radical (unpaired) electrons. The number of thiazole rings is 1. The number of nitrogens with zero attached hydrogens (tertiary/aromatic N) is 1. The molecule has 0 aliphatic heterocycles. The van der Waals surface area contributed by atoms with Crippen LogP contribution in [0.5, 0.6) is 0 Å². The van der Waals surface area contributed by atoms with Gasteiger partial charge < -0.3 is 0 Å². The number of Topliss-reactive ketones (excluding diaryl/α,β-unsaturated/α-hetero) is 1. The van der Waals surface area contributed by atoms with Crippen molar-refractivity contribution in [3.63, 3.8) is 0 Å². The zero-order chi connectivity index (χ0) is 14.7. The van der Waals surface area contributed by atoms with E-state index < -0.39 is 0 Å². The van der Waals surface area contributed by atoms with E-state index >= 15 is 0 Å². The highest BCUT2D eigenvalue weighted by molar-refractivity contribution is 7.10. The lowest BCUT2D eigenvalue weighted by atomic mass is 10.0. The third kappa shape index (κ3) is 3.09. The number of hydrogen-bond donors (Lipinski definition) is 0. The van der Waals surface area contributed by atoms with Gasteiger partial charge in [0.15, 0.2) is 5.78 Å². The zero-order valence-corrected chi connectivity index (χ0v) is 12.6. The van der Waals surface area contributed by atoms with Gasteiger partial charge in [-0.2, -0.15) is 0 Å². The highest BCUT2D eigenvalue weighted by Crippen LogP contribution is 2.24. The Kier molecular flexibility index (Phi) is 3.93. The Balaban J connectivity index is 1.87. The minimum Gasteiger partial charge on any atom is -0.295 e. The highest BCUT2D eigenvalue weighted by atomic mass is 32.1. The molecule has 0 unspecified atom stereocenters. The molecule has 2 nitrogen and oxygen atoms in total. The first-order chi connectivity index (χ1) is 10.2. The number of carbonyl (C=O) groups is 1. The molecule has 3 aromatic rings. The molecule has 0 N–H and O–H groups in total. The van der Waals surface area contributed by atoms with Gasteiger partial charge in [0.1, 0.15) is 0 Å². The molecule has 104 valence electrons. The van der Waals surface area contributed by atoms with E-state index in [0.717, 1.165) is 27.4 Å². The van der Waals surface area contributed by atoms with Gasteiger partial charge in [-0.3, -0.25) is 4.79 Å². The SMILES string of the molecule is CC(=O)c1ccccc1Cc1nc(-c2ccccc2)cs1. The Morgan fingerprint density at radius 3 is 2.52 bits per heavy atom. The summed E-state index contributed by atoms with van der Waals surface area (Å²) in [6.07, 6.45) is 0.702. The fourth-order valence-electron chi connectivity index (χ4n) is 2.31. The first kappa shape index (κ1) is 13.7. The first-order valence-electron chi connectivity index (χ1n) is 6.82. The van der Waals surface area contributed by atoms with E-state index in [2.05, 4.69) is 22.5 Å². The van der Waals surface area contributed by atoms with Gasteiger partial charge in [0, 0.05) is 22.9 Å². The first-order valence-corrected chi connectivity index (χ1v) is 7.70. The maximum Gasteiger partial charge on any atom is 0.160 e. The average Bonchev–Trinajstić information content (AvgIpc) is 2.97. The smallest absolute Gasteiger partial charge is 0.160 e. The predicted molar refractivity (Wildman–Crippen MR) is 86.8 cm³/mol. The molecule has 3 rings (SSSR count). The molecular weight excluding hydrogens is 278 g/mol. The van der Waals surface area contributed by atoms with Gasteiger partial charge in [-0.15, -0.1) is 11.3 Å². The van der Waals surface area contributed by atoms with Crippen LogP contribution in [-0.4, -0.2) is 10.8 Å². The van der Waals surface area contributed by atoms with E-state index in [4.69, 9.17) is 0 Å². The lowest BCUT2D eigenvalue weighted by Gasteiger charge is -2.04. The van der Waals surface area contributed by atoms with Crippen molar-refractivity contribution in [3.05, 3.63) is 76.1 Å². The molecule has 1 aromatic heterocycles. The second kappa shape index (κ2) is 6.02. The number of rotatable bonds is 4. The van der Waals surface area contributed by atoms with Crippen LogP contribution in [0.1, 0.15) is 27.9 Å². The molecule has 21 heavy (non-hydrogen) atoms. The van der Waals surface area contributed by atoms with Crippen molar-refractivity contribution in [1.82, 2.24) is 4.98 Å². The molecule has 0 aliphatic carbocycles. The second-order valence-electron chi connectivity index (χ2n) is 4.88. The summed E-state index contributed by atoms with van der Waals surface area (Å²) in [5.74, 6) is 0.102. The Labute approximate surface area is 128 Å². The van der Waals surface area contributed by atoms with E-state index in [1.165, 1.54) is 0 Å². The predicted octanol–water partition coefficient (Wildman–Crippen LogP) is 4.60. The van der Waals surface area contributed by atoms with Crippen molar-refractivity contribution in [2.45, 2.75) is 13.3 Å². The van der Waals surface area contributed by atoms with Gasteiger partial charge in [-0.1, -0.05) is 54.6 Å². The summed E-state index contributed by atoms with van der Waals surface area (Å²) in [6, 6.07) is 17.9. The minimum absolute atomic E-state index is 0.102. The average molecular weight is 293 g/mol. The van der Waals surface area contributed by atoms with Gasteiger partial charge >= 0.3 is 0 Å². The molecule has 0 bridgehead atoms. The monoisotopic (exact) mass is 293 g/mol. The Hall–Kier alpha value is -2.26. The van der Waals surface area contributed by atoms with Gasteiger partial charge in [0.25, 0.3) is 0 Å². The summed E-state index contributed by atoms with van der Waals surface area (Å²) < 4.78 is 0. The molecule has 0 saturated heterocycles. The number of ketones is 1. The second-order valence-corrected chi connectivity index (χ2v) is 5.83. The van der Waals surface area contributed by atoms with Crippen LogP contribution in [0.15, 0.2) is 60.0 Å². The summed E-state index contributed by atoms with van der Waals surface area (Å²) in [7, 11) is 0. The normalized spacial score (nSPS) is 10.5. The molecule has 3 heteroatoms. The van der Waals surface area contributed by atoms with Crippen LogP contribution in [0.3, 0.4) is 0 Å². The van der Waals surface area contributed by atoms with Crippen molar-refractivity contribution in [1.29, 1.82) is 0 Å². The number of benzene rings is 2. The zero-order valence-electron chi connectivity index (χ0n) is 11.7. The van der Waals surface area contributed by atoms with Gasteiger partial charge in [-0.25, -0.2) is 4.98 Å². The van der Waals surface area contributed by atoms with Crippen LogP contribution in [0, 0.1) is 0 Å². The Bertz CT molecular complexity index is 762. The van der Waals surface area contributed by atoms with Gasteiger partial charge in [0.2, 0.25) is 0 Å². The van der Waals surface area contributed by atoms with Crippen LogP contribution in [-0.2, 0) is 6.42 Å². The van der Waals surface area contributed by atoms with E-state index in [1.807, 2.05) is 42.5 Å². The molecule has 1 heterocycles. The third-order valence-electron chi connectivity index (χ3n) is 3.36. The highest BCUT2D eigenvalue weighted by Gasteiger charge is 2.10.